The van der Waals surface area contributed by atoms with E-state index in [1.807, 2.05) is 54.1 Å². The summed E-state index contributed by atoms with van der Waals surface area (Å²) >= 11 is 0. The molecule has 1 N–H and O–H groups in total. The number of hydrogen-bond acceptors (Lipinski definition) is 4. The minimum Gasteiger partial charge on any atom is -0.350 e. The fourth-order valence-corrected chi connectivity index (χ4v) is 5.31. The lowest BCUT2D eigenvalue weighted by atomic mass is 10.0. The number of aromatic nitrogens is 2. The van der Waals surface area contributed by atoms with Crippen molar-refractivity contribution in [1.29, 1.82) is 0 Å². The van der Waals surface area contributed by atoms with E-state index >= 15 is 0 Å². The summed E-state index contributed by atoms with van der Waals surface area (Å²) in [6, 6.07) is 23.2. The van der Waals surface area contributed by atoms with Crippen molar-refractivity contribution in [3.8, 4) is 5.69 Å². The van der Waals surface area contributed by atoms with Gasteiger partial charge in [-0.25, -0.2) is 13.4 Å². The van der Waals surface area contributed by atoms with Gasteiger partial charge < -0.3 is 9.88 Å². The maximum Gasteiger partial charge on any atom is 0.264 e. The zero-order valence-corrected chi connectivity index (χ0v) is 21.4. The van der Waals surface area contributed by atoms with Crippen LogP contribution in [0.1, 0.15) is 36.7 Å². The van der Waals surface area contributed by atoms with Crippen LogP contribution in [-0.2, 0) is 21.4 Å². The molecule has 0 aliphatic rings. The molecule has 4 aromatic rings. The maximum atomic E-state index is 13.5. The number of carbonyl (C=O) groups excluding carboxylic acids is 1. The molecule has 8 heteroatoms. The van der Waals surface area contributed by atoms with Gasteiger partial charge in [0.15, 0.2) is 0 Å². The van der Waals surface area contributed by atoms with Crippen molar-refractivity contribution in [2.75, 3.05) is 10.8 Å². The highest BCUT2D eigenvalue weighted by Gasteiger charge is 2.27. The molecule has 1 heterocycles. The highest BCUT2D eigenvalue weighted by molar-refractivity contribution is 7.92. The van der Waals surface area contributed by atoms with Gasteiger partial charge in [0.2, 0.25) is 5.91 Å². The number of nitrogens with one attached hydrogen (secondary N) is 1. The quantitative estimate of drug-likeness (QED) is 0.356. The molecule has 186 valence electrons. The van der Waals surface area contributed by atoms with E-state index in [0.29, 0.717) is 11.6 Å². The van der Waals surface area contributed by atoms with Crippen molar-refractivity contribution in [3.63, 3.8) is 0 Å². The predicted molar refractivity (Wildman–Crippen MR) is 142 cm³/mol. The van der Waals surface area contributed by atoms with E-state index in [2.05, 4.69) is 24.1 Å². The first-order valence-corrected chi connectivity index (χ1v) is 13.2. The summed E-state index contributed by atoms with van der Waals surface area (Å²) in [4.78, 5) is 17.3. The number of hydrogen-bond donors (Lipinski definition) is 1. The Morgan fingerprint density at radius 2 is 1.64 bits per heavy atom. The zero-order valence-electron chi connectivity index (χ0n) is 20.6. The summed E-state index contributed by atoms with van der Waals surface area (Å²) < 4.78 is 30.1. The Bertz CT molecular complexity index is 1410. The van der Waals surface area contributed by atoms with Gasteiger partial charge in [0.1, 0.15) is 12.4 Å². The van der Waals surface area contributed by atoms with Crippen LogP contribution in [0.2, 0.25) is 0 Å². The molecule has 4 rings (SSSR count). The van der Waals surface area contributed by atoms with E-state index < -0.39 is 15.9 Å². The Balaban J connectivity index is 1.50. The molecular weight excluding hydrogens is 472 g/mol. The Kier molecular flexibility index (Phi) is 7.55. The number of aryl methyl sites for hydroxylation is 1. The summed E-state index contributed by atoms with van der Waals surface area (Å²) in [5, 5.41) is 2.85. The molecule has 0 aliphatic carbocycles. The van der Waals surface area contributed by atoms with Gasteiger partial charge >= 0.3 is 0 Å². The Morgan fingerprint density at radius 3 is 2.22 bits per heavy atom. The molecule has 36 heavy (non-hydrogen) atoms. The van der Waals surface area contributed by atoms with Gasteiger partial charge in [-0.2, -0.15) is 0 Å². The molecule has 3 aromatic carbocycles. The van der Waals surface area contributed by atoms with E-state index in [-0.39, 0.29) is 18.0 Å². The van der Waals surface area contributed by atoms with Crippen molar-refractivity contribution < 1.29 is 13.2 Å². The molecule has 1 aromatic heterocycles. The smallest absolute Gasteiger partial charge is 0.264 e. The van der Waals surface area contributed by atoms with E-state index in [9.17, 15) is 13.2 Å². The van der Waals surface area contributed by atoms with Crippen LogP contribution in [-0.4, -0.2) is 30.4 Å². The van der Waals surface area contributed by atoms with Crippen LogP contribution in [0, 0.1) is 6.92 Å². The predicted octanol–water partition coefficient (Wildman–Crippen LogP) is 4.82. The SMILES string of the molecule is Cc1nccn1-c1ccc(CNC(=O)CN(c2ccc(C(C)C)cc2)S(=O)(=O)c2ccccc2)cc1. The number of carbonyl (C=O) groups is 1. The van der Waals surface area contributed by atoms with Crippen molar-refractivity contribution in [3.05, 3.63) is 108 Å². The van der Waals surface area contributed by atoms with Crippen molar-refractivity contribution >= 4 is 21.6 Å². The summed E-state index contributed by atoms with van der Waals surface area (Å²) in [6.07, 6.45) is 3.64. The number of rotatable bonds is 9. The number of benzene rings is 3. The van der Waals surface area contributed by atoms with E-state index in [1.165, 1.54) is 12.1 Å². The average Bonchev–Trinajstić information content (AvgIpc) is 3.32. The number of anilines is 1. The Hall–Kier alpha value is -3.91. The molecule has 0 radical (unpaired) electrons. The van der Waals surface area contributed by atoms with Crippen molar-refractivity contribution in [2.45, 2.75) is 38.1 Å². The molecule has 7 nitrogen and oxygen atoms in total. The summed E-state index contributed by atoms with van der Waals surface area (Å²) in [5.74, 6) is 0.805. The fraction of sp³-hybridized carbons (Fsp3) is 0.214. The maximum absolute atomic E-state index is 13.5. The number of sulfonamides is 1. The lowest BCUT2D eigenvalue weighted by Gasteiger charge is -2.24. The molecule has 0 bridgehead atoms. The first-order chi connectivity index (χ1) is 17.3. The number of imidazole rings is 1. The second kappa shape index (κ2) is 10.8. The van der Waals surface area contributed by atoms with Crippen LogP contribution in [0.3, 0.4) is 0 Å². The third kappa shape index (κ3) is 5.66. The van der Waals surface area contributed by atoms with E-state index in [1.54, 1.807) is 36.5 Å². The second-order valence-corrected chi connectivity index (χ2v) is 10.7. The lowest BCUT2D eigenvalue weighted by molar-refractivity contribution is -0.119. The summed E-state index contributed by atoms with van der Waals surface area (Å²) in [6.45, 7) is 6.03. The van der Waals surface area contributed by atoms with Crippen LogP contribution in [0.15, 0.2) is 96.2 Å². The topological polar surface area (TPSA) is 84.3 Å². The van der Waals surface area contributed by atoms with E-state index in [0.717, 1.165) is 26.9 Å². The van der Waals surface area contributed by atoms with Crippen LogP contribution in [0.5, 0.6) is 0 Å². The first kappa shape index (κ1) is 25.2. The normalized spacial score (nSPS) is 11.4. The van der Waals surface area contributed by atoms with Gasteiger partial charge in [-0.15, -0.1) is 0 Å². The molecule has 0 spiro atoms. The van der Waals surface area contributed by atoms with Gasteiger partial charge in [-0.05, 0) is 60.4 Å². The number of nitrogens with zero attached hydrogens (tertiary/aromatic N) is 3. The molecule has 0 saturated carbocycles. The third-order valence-corrected chi connectivity index (χ3v) is 7.78. The van der Waals surface area contributed by atoms with E-state index in [4.69, 9.17) is 0 Å². The highest BCUT2D eigenvalue weighted by Crippen LogP contribution is 2.25. The fourth-order valence-electron chi connectivity index (χ4n) is 3.87. The van der Waals surface area contributed by atoms with Gasteiger partial charge in [-0.1, -0.05) is 56.3 Å². The summed E-state index contributed by atoms with van der Waals surface area (Å²) in [5.41, 5.74) is 3.42. The second-order valence-electron chi connectivity index (χ2n) is 8.86. The van der Waals surface area contributed by atoms with Crippen LogP contribution >= 0.6 is 0 Å². The lowest BCUT2D eigenvalue weighted by Crippen LogP contribution is -2.40. The highest BCUT2D eigenvalue weighted by atomic mass is 32.2. The average molecular weight is 503 g/mol. The van der Waals surface area contributed by atoms with Crippen LogP contribution in [0.4, 0.5) is 5.69 Å². The van der Waals surface area contributed by atoms with Gasteiger partial charge in [0.05, 0.1) is 10.6 Å². The molecular formula is C28H30N4O3S. The molecule has 0 unspecified atom stereocenters. The molecule has 0 saturated heterocycles. The summed E-state index contributed by atoms with van der Waals surface area (Å²) in [7, 11) is -3.94. The van der Waals surface area contributed by atoms with Crippen molar-refractivity contribution in [2.24, 2.45) is 0 Å². The molecule has 0 fully saturated rings. The first-order valence-electron chi connectivity index (χ1n) is 11.8. The standard InChI is InChI=1S/C28H30N4O3S/c1-21(2)24-11-15-26(16-12-24)32(36(34,35)27-7-5-4-6-8-27)20-28(33)30-19-23-9-13-25(14-10-23)31-18-17-29-22(31)3/h4-18,21H,19-20H2,1-3H3,(H,30,33). The minimum absolute atomic E-state index is 0.135. The van der Waals surface area contributed by atoms with Gasteiger partial charge in [-0.3, -0.25) is 9.10 Å². The zero-order chi connectivity index (χ0) is 25.7. The number of amides is 1. The molecule has 1 amide bonds. The van der Waals surface area contributed by atoms with Gasteiger partial charge in [0, 0.05) is 24.6 Å². The van der Waals surface area contributed by atoms with Gasteiger partial charge in [0.25, 0.3) is 10.0 Å². The van der Waals surface area contributed by atoms with Crippen LogP contribution < -0.4 is 9.62 Å². The molecule has 0 atom stereocenters. The molecule has 0 aliphatic heterocycles. The Labute approximate surface area is 212 Å². The monoisotopic (exact) mass is 502 g/mol. The largest absolute Gasteiger partial charge is 0.350 e. The van der Waals surface area contributed by atoms with Crippen molar-refractivity contribution in [1.82, 2.24) is 14.9 Å². The third-order valence-electron chi connectivity index (χ3n) is 6.00. The minimum atomic E-state index is -3.94. The van der Waals surface area contributed by atoms with Crippen LogP contribution in [0.25, 0.3) is 5.69 Å². The Morgan fingerprint density at radius 1 is 0.972 bits per heavy atom.